The van der Waals surface area contributed by atoms with Crippen molar-refractivity contribution in [2.45, 2.75) is 12.2 Å². The predicted molar refractivity (Wildman–Crippen MR) is 96.5 cm³/mol. The summed E-state index contributed by atoms with van der Waals surface area (Å²) in [7, 11) is -0.126. The summed E-state index contributed by atoms with van der Waals surface area (Å²) in [6, 6.07) is 13.4. The van der Waals surface area contributed by atoms with Gasteiger partial charge in [-0.15, -0.1) is 0 Å². The van der Waals surface area contributed by atoms with Gasteiger partial charge in [-0.3, -0.25) is 9.52 Å². The first kappa shape index (κ1) is 18.3. The summed E-state index contributed by atoms with van der Waals surface area (Å²) in [6.07, 6.45) is 0.283. The third-order valence-corrected chi connectivity index (χ3v) is 4.86. The van der Waals surface area contributed by atoms with Gasteiger partial charge in [-0.25, -0.2) is 8.42 Å². The van der Waals surface area contributed by atoms with Crippen LogP contribution in [-0.4, -0.2) is 33.3 Å². The van der Waals surface area contributed by atoms with Gasteiger partial charge in [0.1, 0.15) is 0 Å². The van der Waals surface area contributed by atoms with Gasteiger partial charge in [-0.05, 0) is 35.4 Å². The summed E-state index contributed by atoms with van der Waals surface area (Å²) in [5, 5.41) is 0.562. The lowest BCUT2D eigenvalue weighted by Crippen LogP contribution is -2.23. The molecule has 24 heavy (non-hydrogen) atoms. The number of likely N-dealkylation sites (N-methyl/N-ethyl adjacent to an activating group) is 1. The van der Waals surface area contributed by atoms with E-state index in [1.165, 1.54) is 4.90 Å². The van der Waals surface area contributed by atoms with Crippen molar-refractivity contribution in [1.29, 1.82) is 0 Å². The summed E-state index contributed by atoms with van der Waals surface area (Å²) in [5.74, 6) is -0.142. The maximum atomic E-state index is 12.2. The molecular weight excluding hydrogens is 348 g/mol. The number of benzene rings is 2. The van der Waals surface area contributed by atoms with E-state index >= 15 is 0 Å². The Morgan fingerprint density at radius 3 is 2.08 bits per heavy atom. The summed E-state index contributed by atoms with van der Waals surface area (Å²) in [5.41, 5.74) is 1.94. The van der Waals surface area contributed by atoms with Crippen LogP contribution in [-0.2, 0) is 27.0 Å². The molecule has 0 saturated heterocycles. The van der Waals surface area contributed by atoms with Crippen LogP contribution < -0.4 is 4.72 Å². The number of hydrogen-bond acceptors (Lipinski definition) is 3. The van der Waals surface area contributed by atoms with Crippen molar-refractivity contribution in [1.82, 2.24) is 4.90 Å². The van der Waals surface area contributed by atoms with Gasteiger partial charge in [0, 0.05) is 24.8 Å². The molecule has 0 fully saturated rings. The predicted octanol–water partition coefficient (Wildman–Crippen LogP) is 2.91. The van der Waals surface area contributed by atoms with Crippen molar-refractivity contribution in [3.8, 4) is 0 Å². The van der Waals surface area contributed by atoms with Gasteiger partial charge in [0.15, 0.2) is 0 Å². The molecule has 0 saturated carbocycles. The highest BCUT2D eigenvalue weighted by atomic mass is 35.5. The molecule has 0 atom stereocenters. The number of nitrogens with zero attached hydrogens (tertiary/aromatic N) is 1. The number of anilines is 1. The normalized spacial score (nSPS) is 11.1. The quantitative estimate of drug-likeness (QED) is 0.854. The van der Waals surface area contributed by atoms with E-state index in [2.05, 4.69) is 4.72 Å². The summed E-state index contributed by atoms with van der Waals surface area (Å²) in [4.78, 5) is 13.2. The van der Waals surface area contributed by atoms with E-state index in [9.17, 15) is 13.2 Å². The lowest BCUT2D eigenvalue weighted by atomic mass is 10.1. The van der Waals surface area contributed by atoms with Crippen LogP contribution in [0.25, 0.3) is 0 Å². The molecule has 1 amide bonds. The summed E-state index contributed by atoms with van der Waals surface area (Å²) in [6.45, 7) is 0. The first-order chi connectivity index (χ1) is 11.2. The number of nitrogens with one attached hydrogen (secondary N) is 1. The molecule has 0 spiro atoms. The molecule has 0 heterocycles. The second-order valence-corrected chi connectivity index (χ2v) is 7.81. The zero-order valence-corrected chi connectivity index (χ0v) is 15.1. The molecule has 0 aliphatic carbocycles. The third kappa shape index (κ3) is 5.54. The minimum atomic E-state index is -3.52. The van der Waals surface area contributed by atoms with Crippen LogP contribution in [0.15, 0.2) is 48.5 Å². The van der Waals surface area contributed by atoms with Crippen molar-refractivity contribution in [2.24, 2.45) is 0 Å². The molecule has 0 aliphatic heterocycles. The number of amides is 1. The van der Waals surface area contributed by atoms with Crippen molar-refractivity contribution in [2.75, 3.05) is 18.8 Å². The molecule has 0 radical (unpaired) electrons. The Morgan fingerprint density at radius 1 is 1.00 bits per heavy atom. The van der Waals surface area contributed by atoms with E-state index in [-0.39, 0.29) is 18.1 Å². The Bertz CT molecular complexity index is 801. The lowest BCUT2D eigenvalue weighted by molar-refractivity contribution is -0.127. The molecule has 5 nitrogen and oxygen atoms in total. The molecule has 0 aromatic heterocycles. The van der Waals surface area contributed by atoms with Gasteiger partial charge in [0.2, 0.25) is 15.9 Å². The van der Waals surface area contributed by atoms with Crippen LogP contribution in [0.5, 0.6) is 0 Å². The Hall–Kier alpha value is -2.05. The second-order valence-electron chi connectivity index (χ2n) is 5.65. The van der Waals surface area contributed by atoms with E-state index in [1.54, 1.807) is 62.6 Å². The molecule has 128 valence electrons. The van der Waals surface area contributed by atoms with E-state index in [1.807, 2.05) is 0 Å². The fourth-order valence-electron chi connectivity index (χ4n) is 2.04. The maximum absolute atomic E-state index is 12.2. The van der Waals surface area contributed by atoms with E-state index in [0.29, 0.717) is 16.3 Å². The van der Waals surface area contributed by atoms with E-state index < -0.39 is 10.0 Å². The molecule has 0 unspecified atom stereocenters. The molecular formula is C17H19ClN2O3S. The van der Waals surface area contributed by atoms with Gasteiger partial charge in [-0.2, -0.15) is 0 Å². The van der Waals surface area contributed by atoms with Crippen molar-refractivity contribution in [3.63, 3.8) is 0 Å². The monoisotopic (exact) mass is 366 g/mol. The van der Waals surface area contributed by atoms with Crippen molar-refractivity contribution < 1.29 is 13.2 Å². The number of halogens is 1. The number of hydrogen-bond donors (Lipinski definition) is 1. The largest absolute Gasteiger partial charge is 0.349 e. The van der Waals surface area contributed by atoms with Crippen LogP contribution >= 0.6 is 11.6 Å². The zero-order chi connectivity index (χ0) is 17.7. The summed E-state index contributed by atoms with van der Waals surface area (Å²) >= 11 is 5.79. The fourth-order valence-corrected chi connectivity index (χ4v) is 3.36. The van der Waals surface area contributed by atoms with Crippen LogP contribution in [0, 0.1) is 0 Å². The molecule has 2 rings (SSSR count). The van der Waals surface area contributed by atoms with Crippen LogP contribution in [0.1, 0.15) is 11.1 Å². The topological polar surface area (TPSA) is 66.5 Å². The number of rotatable bonds is 6. The van der Waals surface area contributed by atoms with Gasteiger partial charge in [0.25, 0.3) is 0 Å². The van der Waals surface area contributed by atoms with Gasteiger partial charge in [0.05, 0.1) is 12.2 Å². The minimum Gasteiger partial charge on any atom is -0.349 e. The SMILES string of the molecule is CN(C)C(=O)Cc1ccc(NS(=O)(=O)Cc2ccc(Cl)cc2)cc1. The van der Waals surface area contributed by atoms with Crippen LogP contribution in [0.2, 0.25) is 5.02 Å². The average Bonchev–Trinajstić information content (AvgIpc) is 2.51. The minimum absolute atomic E-state index is 0.00827. The van der Waals surface area contributed by atoms with Gasteiger partial charge >= 0.3 is 0 Å². The van der Waals surface area contributed by atoms with Crippen LogP contribution in [0.4, 0.5) is 5.69 Å². The summed E-state index contributed by atoms with van der Waals surface area (Å²) < 4.78 is 26.9. The maximum Gasteiger partial charge on any atom is 0.236 e. The first-order valence-electron chi connectivity index (χ1n) is 7.29. The Morgan fingerprint density at radius 2 is 1.54 bits per heavy atom. The van der Waals surface area contributed by atoms with Crippen molar-refractivity contribution in [3.05, 3.63) is 64.7 Å². The Kier molecular flexibility index (Phi) is 5.85. The highest BCUT2D eigenvalue weighted by Gasteiger charge is 2.12. The number of carbonyl (C=O) groups excluding carboxylic acids is 1. The Labute approximate surface area is 147 Å². The number of carbonyl (C=O) groups is 1. The smallest absolute Gasteiger partial charge is 0.236 e. The average molecular weight is 367 g/mol. The molecule has 1 N–H and O–H groups in total. The van der Waals surface area contributed by atoms with Crippen molar-refractivity contribution >= 4 is 33.2 Å². The standard InChI is InChI=1S/C17H19ClN2O3S/c1-20(2)17(21)11-13-5-9-16(10-6-13)19-24(22,23)12-14-3-7-15(18)8-4-14/h3-10,19H,11-12H2,1-2H3. The van der Waals surface area contributed by atoms with E-state index in [4.69, 9.17) is 11.6 Å². The van der Waals surface area contributed by atoms with Gasteiger partial charge < -0.3 is 4.90 Å². The fraction of sp³-hybridized carbons (Fsp3) is 0.235. The Balaban J connectivity index is 2.01. The molecule has 2 aromatic carbocycles. The molecule has 0 aliphatic rings. The highest BCUT2D eigenvalue weighted by molar-refractivity contribution is 7.91. The van der Waals surface area contributed by atoms with Crippen LogP contribution in [0.3, 0.4) is 0 Å². The molecule has 0 bridgehead atoms. The molecule has 2 aromatic rings. The zero-order valence-electron chi connectivity index (χ0n) is 13.5. The van der Waals surface area contributed by atoms with Gasteiger partial charge in [-0.1, -0.05) is 35.9 Å². The lowest BCUT2D eigenvalue weighted by Gasteiger charge is -2.11. The second kappa shape index (κ2) is 7.68. The number of sulfonamides is 1. The van der Waals surface area contributed by atoms with E-state index in [0.717, 1.165) is 5.56 Å². The highest BCUT2D eigenvalue weighted by Crippen LogP contribution is 2.16. The molecule has 7 heteroatoms. The third-order valence-electron chi connectivity index (χ3n) is 3.35. The first-order valence-corrected chi connectivity index (χ1v) is 9.32.